The van der Waals surface area contributed by atoms with Gasteiger partial charge in [0.15, 0.2) is 5.96 Å². The third kappa shape index (κ3) is 7.29. The monoisotopic (exact) mass is 526 g/mol. The number of aliphatic imine (C=N–C) groups is 1. The molecule has 0 bridgehead atoms. The number of hydrogen-bond acceptors (Lipinski definition) is 3. The summed E-state index contributed by atoms with van der Waals surface area (Å²) in [5.41, 5.74) is 2.60. The van der Waals surface area contributed by atoms with Crippen LogP contribution in [0.4, 0.5) is 0 Å². The highest BCUT2D eigenvalue weighted by atomic mass is 127. The van der Waals surface area contributed by atoms with Crippen molar-refractivity contribution >= 4 is 47.2 Å². The fourth-order valence-corrected chi connectivity index (χ4v) is 4.28. The number of amides is 1. The molecule has 1 atom stereocenters. The highest BCUT2D eigenvalue weighted by Crippen LogP contribution is 2.18. The molecule has 0 fully saturated rings. The molecule has 1 aliphatic heterocycles. The minimum atomic E-state index is 0. The molecular formula is C22H31IN4OS. The van der Waals surface area contributed by atoms with Gasteiger partial charge in [-0.1, -0.05) is 37.3 Å². The summed E-state index contributed by atoms with van der Waals surface area (Å²) in [4.78, 5) is 20.5. The summed E-state index contributed by atoms with van der Waals surface area (Å²) in [6.07, 6.45) is 1.97. The summed E-state index contributed by atoms with van der Waals surface area (Å²) in [5.74, 6) is 1.29. The van der Waals surface area contributed by atoms with E-state index in [0.717, 1.165) is 32.5 Å². The van der Waals surface area contributed by atoms with Crippen LogP contribution in [-0.4, -0.2) is 42.9 Å². The molecule has 0 radical (unpaired) electrons. The zero-order valence-electron chi connectivity index (χ0n) is 17.2. The van der Waals surface area contributed by atoms with Crippen molar-refractivity contribution in [3.05, 3.63) is 57.8 Å². The molecule has 2 aromatic rings. The summed E-state index contributed by atoms with van der Waals surface area (Å²) in [5, 5.41) is 8.74. The van der Waals surface area contributed by atoms with Crippen LogP contribution in [0.1, 0.15) is 29.9 Å². The molecule has 1 aliphatic rings. The quantitative estimate of drug-likeness (QED) is 0.329. The van der Waals surface area contributed by atoms with E-state index in [2.05, 4.69) is 58.3 Å². The van der Waals surface area contributed by atoms with E-state index in [0.29, 0.717) is 18.4 Å². The van der Waals surface area contributed by atoms with E-state index >= 15 is 0 Å². The van der Waals surface area contributed by atoms with Crippen LogP contribution in [-0.2, 0) is 24.2 Å². The Morgan fingerprint density at radius 3 is 2.72 bits per heavy atom. The van der Waals surface area contributed by atoms with Crippen molar-refractivity contribution in [3.63, 3.8) is 0 Å². The summed E-state index contributed by atoms with van der Waals surface area (Å²) in [6.45, 7) is 7.50. The highest BCUT2D eigenvalue weighted by Gasteiger charge is 2.20. The molecule has 0 saturated carbocycles. The second-order valence-electron chi connectivity index (χ2n) is 7.30. The number of carbonyl (C=O) groups is 1. The number of thiophene rings is 1. The first-order valence-electron chi connectivity index (χ1n) is 10.0. The zero-order valence-corrected chi connectivity index (χ0v) is 20.3. The van der Waals surface area contributed by atoms with E-state index in [-0.39, 0.29) is 36.4 Å². The Bertz CT molecular complexity index is 794. The lowest BCUT2D eigenvalue weighted by molar-refractivity contribution is -0.130. The van der Waals surface area contributed by atoms with Crippen LogP contribution in [0.3, 0.4) is 0 Å². The average Bonchev–Trinajstić information content (AvgIpc) is 3.22. The predicted molar refractivity (Wildman–Crippen MR) is 132 cm³/mol. The molecule has 0 spiro atoms. The first-order valence-corrected chi connectivity index (χ1v) is 10.9. The number of halogens is 1. The minimum absolute atomic E-state index is 0. The smallest absolute Gasteiger partial charge is 0.244 e. The maximum atomic E-state index is 12.6. The Hall–Kier alpha value is -1.61. The van der Waals surface area contributed by atoms with Crippen molar-refractivity contribution in [2.45, 2.75) is 33.2 Å². The lowest BCUT2D eigenvalue weighted by Crippen LogP contribution is -2.41. The van der Waals surface area contributed by atoms with Crippen molar-refractivity contribution in [2.24, 2.45) is 10.9 Å². The Kier molecular flexibility index (Phi) is 9.93. The van der Waals surface area contributed by atoms with Gasteiger partial charge in [-0.2, -0.15) is 0 Å². The number of nitrogens with zero attached hydrogens (tertiary/aromatic N) is 2. The number of guanidine groups is 1. The Labute approximate surface area is 195 Å². The lowest BCUT2D eigenvalue weighted by atomic mass is 10.00. The molecule has 2 N–H and O–H groups in total. The van der Waals surface area contributed by atoms with E-state index in [9.17, 15) is 4.79 Å². The molecule has 7 heteroatoms. The van der Waals surface area contributed by atoms with Gasteiger partial charge in [-0.05, 0) is 48.3 Å². The molecule has 0 saturated heterocycles. The van der Waals surface area contributed by atoms with Crippen LogP contribution < -0.4 is 10.6 Å². The number of nitrogens with one attached hydrogen (secondary N) is 2. The fourth-order valence-electron chi connectivity index (χ4n) is 3.41. The number of hydrogen-bond donors (Lipinski definition) is 2. The van der Waals surface area contributed by atoms with Gasteiger partial charge < -0.3 is 15.5 Å². The third-order valence-corrected chi connectivity index (χ3v) is 5.85. The van der Waals surface area contributed by atoms with Gasteiger partial charge >= 0.3 is 0 Å². The van der Waals surface area contributed by atoms with Crippen LogP contribution >= 0.6 is 35.3 Å². The molecule has 1 amide bonds. The van der Waals surface area contributed by atoms with Gasteiger partial charge in [0, 0.05) is 31.1 Å². The van der Waals surface area contributed by atoms with E-state index < -0.39 is 0 Å². The Morgan fingerprint density at radius 1 is 1.21 bits per heavy atom. The van der Waals surface area contributed by atoms with Gasteiger partial charge in [0.1, 0.15) is 6.54 Å². The first-order chi connectivity index (χ1) is 13.7. The molecule has 1 aromatic heterocycles. The van der Waals surface area contributed by atoms with Crippen LogP contribution in [0.2, 0.25) is 0 Å². The first kappa shape index (κ1) is 23.7. The normalized spacial score (nSPS) is 14.6. The number of rotatable bonds is 7. The topological polar surface area (TPSA) is 56.7 Å². The average molecular weight is 526 g/mol. The number of benzene rings is 1. The van der Waals surface area contributed by atoms with Gasteiger partial charge in [0.25, 0.3) is 0 Å². The summed E-state index contributed by atoms with van der Waals surface area (Å²) in [7, 11) is 0. The Morgan fingerprint density at radius 2 is 2.00 bits per heavy atom. The second-order valence-corrected chi connectivity index (χ2v) is 8.33. The SMILES string of the molecule is CCNC(=NCC(=O)N1CCc2ccccc2C1)NCC(C)Cc1cccs1.I. The molecule has 29 heavy (non-hydrogen) atoms. The summed E-state index contributed by atoms with van der Waals surface area (Å²) < 4.78 is 0. The van der Waals surface area contributed by atoms with Crippen molar-refractivity contribution in [1.29, 1.82) is 0 Å². The molecule has 1 unspecified atom stereocenters. The third-order valence-electron chi connectivity index (χ3n) is 4.95. The summed E-state index contributed by atoms with van der Waals surface area (Å²) >= 11 is 1.80. The zero-order chi connectivity index (χ0) is 19.8. The Balaban J connectivity index is 0.00000300. The standard InChI is InChI=1S/C22H30N4OS.HI/c1-3-23-22(24-14-17(2)13-20-9-6-12-28-20)25-15-21(27)26-11-10-18-7-4-5-8-19(18)16-26;/h4-9,12,17H,3,10-11,13-16H2,1-2H3,(H2,23,24,25);1H. The van der Waals surface area contributed by atoms with Crippen molar-refractivity contribution in [3.8, 4) is 0 Å². The van der Waals surface area contributed by atoms with Gasteiger partial charge in [0.05, 0.1) is 0 Å². The van der Waals surface area contributed by atoms with Crippen molar-refractivity contribution in [2.75, 3.05) is 26.2 Å². The minimum Gasteiger partial charge on any atom is -0.357 e. The number of carbonyl (C=O) groups excluding carboxylic acids is 1. The number of fused-ring (bicyclic) bond motifs is 1. The molecular weight excluding hydrogens is 495 g/mol. The fraction of sp³-hybridized carbons (Fsp3) is 0.455. The molecule has 5 nitrogen and oxygen atoms in total. The highest BCUT2D eigenvalue weighted by molar-refractivity contribution is 14.0. The maximum absolute atomic E-state index is 12.6. The van der Waals surface area contributed by atoms with Crippen molar-refractivity contribution < 1.29 is 4.79 Å². The second kappa shape index (κ2) is 12.2. The molecule has 158 valence electrons. The molecule has 0 aliphatic carbocycles. The van der Waals surface area contributed by atoms with Gasteiger partial charge in [0.2, 0.25) is 5.91 Å². The van der Waals surface area contributed by atoms with Gasteiger partial charge in [-0.25, -0.2) is 4.99 Å². The van der Waals surface area contributed by atoms with Crippen LogP contribution in [0.5, 0.6) is 0 Å². The lowest BCUT2D eigenvalue weighted by Gasteiger charge is -2.28. The van der Waals surface area contributed by atoms with E-state index in [1.807, 2.05) is 17.9 Å². The van der Waals surface area contributed by atoms with Gasteiger partial charge in [-0.3, -0.25) is 4.79 Å². The molecule has 1 aromatic carbocycles. The predicted octanol–water partition coefficient (Wildman–Crippen LogP) is 3.68. The van der Waals surface area contributed by atoms with Gasteiger partial charge in [-0.15, -0.1) is 35.3 Å². The van der Waals surface area contributed by atoms with Crippen LogP contribution in [0.15, 0.2) is 46.8 Å². The van der Waals surface area contributed by atoms with Crippen LogP contribution in [0, 0.1) is 5.92 Å². The summed E-state index contributed by atoms with van der Waals surface area (Å²) in [6, 6.07) is 12.6. The van der Waals surface area contributed by atoms with Crippen molar-refractivity contribution in [1.82, 2.24) is 15.5 Å². The van der Waals surface area contributed by atoms with E-state index in [4.69, 9.17) is 0 Å². The van der Waals surface area contributed by atoms with E-state index in [1.165, 1.54) is 16.0 Å². The largest absolute Gasteiger partial charge is 0.357 e. The maximum Gasteiger partial charge on any atom is 0.244 e. The van der Waals surface area contributed by atoms with Crippen LogP contribution in [0.25, 0.3) is 0 Å². The molecule has 2 heterocycles. The molecule has 3 rings (SSSR count). The van der Waals surface area contributed by atoms with E-state index in [1.54, 1.807) is 11.3 Å².